The highest BCUT2D eigenvalue weighted by Crippen LogP contribution is 2.21. The third-order valence-corrected chi connectivity index (χ3v) is 2.43. The van der Waals surface area contributed by atoms with Gasteiger partial charge in [0.05, 0.1) is 6.61 Å². The highest BCUT2D eigenvalue weighted by molar-refractivity contribution is 6.03. The summed E-state index contributed by atoms with van der Waals surface area (Å²) in [6, 6.07) is 0. The Morgan fingerprint density at radius 2 is 2.29 bits per heavy atom. The van der Waals surface area contributed by atoms with E-state index in [-0.39, 0.29) is 28.8 Å². The number of hydrogen-bond donors (Lipinski definition) is 0. The molecule has 0 aliphatic rings. The number of carbonyl (C=O) groups excluding carboxylic acids is 1. The number of carbonyl (C=O) groups is 1. The van der Waals surface area contributed by atoms with Gasteiger partial charge in [-0.2, -0.15) is 0 Å². The minimum Gasteiger partial charge on any atom is -0.462 e. The van der Waals surface area contributed by atoms with Crippen LogP contribution in [0, 0.1) is 6.92 Å². The van der Waals surface area contributed by atoms with E-state index in [1.807, 2.05) is 0 Å². The molecule has 2 rings (SSSR count). The van der Waals surface area contributed by atoms with Crippen LogP contribution in [0.25, 0.3) is 11.1 Å². The molecule has 0 spiro atoms. The maximum Gasteiger partial charge on any atom is 0.342 e. The number of esters is 1. The second kappa shape index (κ2) is 4.04. The molecule has 0 bridgehead atoms. The predicted molar refractivity (Wildman–Crippen MR) is 59.9 cm³/mol. The Balaban J connectivity index is 2.78. The fraction of sp³-hybridized carbons (Fsp3) is 0.364. The first kappa shape index (κ1) is 11.4. The number of fused-ring (bicyclic) bond motifs is 1. The average Bonchev–Trinajstić information content (AvgIpc) is 2.61. The van der Waals surface area contributed by atoms with Gasteiger partial charge >= 0.3 is 5.97 Å². The molecule has 0 atom stereocenters. The van der Waals surface area contributed by atoms with E-state index in [1.165, 1.54) is 10.9 Å². The van der Waals surface area contributed by atoms with Crippen molar-refractivity contribution in [2.45, 2.75) is 13.8 Å². The number of aryl methyl sites for hydroxylation is 2. The first-order chi connectivity index (χ1) is 8.06. The lowest BCUT2D eigenvalue weighted by Crippen LogP contribution is -2.19. The van der Waals surface area contributed by atoms with E-state index in [1.54, 1.807) is 20.9 Å². The molecule has 0 aliphatic carbocycles. The Labute approximate surface area is 96.8 Å². The van der Waals surface area contributed by atoms with Crippen molar-refractivity contribution in [3.05, 3.63) is 28.0 Å². The van der Waals surface area contributed by atoms with Crippen molar-refractivity contribution in [3.63, 3.8) is 0 Å². The summed E-state index contributed by atoms with van der Waals surface area (Å²) in [7, 11) is 1.56. The lowest BCUT2D eigenvalue weighted by Gasteiger charge is -2.00. The van der Waals surface area contributed by atoms with Gasteiger partial charge in [-0.05, 0) is 13.8 Å². The molecule has 0 aromatic carbocycles. The third kappa shape index (κ3) is 1.71. The van der Waals surface area contributed by atoms with Crippen LogP contribution >= 0.6 is 0 Å². The summed E-state index contributed by atoms with van der Waals surface area (Å²) in [5.74, 6) is -0.219. The number of aromatic nitrogens is 2. The average molecular weight is 236 g/mol. The van der Waals surface area contributed by atoms with Crippen LogP contribution in [0.15, 0.2) is 15.5 Å². The molecule has 0 saturated carbocycles. The summed E-state index contributed by atoms with van der Waals surface area (Å²) in [5.41, 5.74) is -0.000828. The molecule has 6 nitrogen and oxygen atoms in total. The van der Waals surface area contributed by atoms with E-state index in [2.05, 4.69) is 4.98 Å². The standard InChI is InChI=1S/C11H12N2O4/c1-4-16-11(15)7-6(2)17-9-8(7)10(14)13(3)5-12-9/h5H,4H2,1-3H3. The van der Waals surface area contributed by atoms with Crippen molar-refractivity contribution in [1.82, 2.24) is 9.55 Å². The van der Waals surface area contributed by atoms with Gasteiger partial charge in [0.1, 0.15) is 23.0 Å². The van der Waals surface area contributed by atoms with Crippen LogP contribution in [-0.4, -0.2) is 22.1 Å². The Bertz CT molecular complexity index is 639. The monoisotopic (exact) mass is 236 g/mol. The fourth-order valence-electron chi connectivity index (χ4n) is 1.64. The van der Waals surface area contributed by atoms with Gasteiger partial charge in [0.25, 0.3) is 5.56 Å². The second-order valence-electron chi connectivity index (χ2n) is 3.59. The van der Waals surface area contributed by atoms with E-state index in [9.17, 15) is 9.59 Å². The molecule has 17 heavy (non-hydrogen) atoms. The topological polar surface area (TPSA) is 74.3 Å². The highest BCUT2D eigenvalue weighted by atomic mass is 16.5. The van der Waals surface area contributed by atoms with Crippen molar-refractivity contribution >= 4 is 17.1 Å². The zero-order valence-electron chi connectivity index (χ0n) is 9.81. The molecule has 0 amide bonds. The molecule has 0 saturated heterocycles. The van der Waals surface area contributed by atoms with Gasteiger partial charge in [-0.25, -0.2) is 9.78 Å². The lowest BCUT2D eigenvalue weighted by atomic mass is 10.2. The van der Waals surface area contributed by atoms with Gasteiger partial charge in [-0.3, -0.25) is 4.79 Å². The normalized spacial score (nSPS) is 10.8. The number of furan rings is 1. The van der Waals surface area contributed by atoms with Crippen LogP contribution in [0.4, 0.5) is 0 Å². The first-order valence-electron chi connectivity index (χ1n) is 5.18. The van der Waals surface area contributed by atoms with Gasteiger partial charge < -0.3 is 13.7 Å². The molecule has 90 valence electrons. The predicted octanol–water partition coefficient (Wildman–Crippen LogP) is 1.01. The Kier molecular flexibility index (Phi) is 2.71. The molecule has 6 heteroatoms. The van der Waals surface area contributed by atoms with Gasteiger partial charge in [0, 0.05) is 7.05 Å². The molecular formula is C11H12N2O4. The third-order valence-electron chi connectivity index (χ3n) is 2.43. The largest absolute Gasteiger partial charge is 0.462 e. The number of nitrogens with zero attached hydrogens (tertiary/aromatic N) is 2. The van der Waals surface area contributed by atoms with E-state index in [0.29, 0.717) is 5.76 Å². The van der Waals surface area contributed by atoms with Crippen LogP contribution in [0.3, 0.4) is 0 Å². The number of rotatable bonds is 2. The lowest BCUT2D eigenvalue weighted by molar-refractivity contribution is 0.0526. The summed E-state index contributed by atoms with van der Waals surface area (Å²) in [4.78, 5) is 27.6. The Morgan fingerprint density at radius 3 is 2.94 bits per heavy atom. The van der Waals surface area contributed by atoms with Crippen molar-refractivity contribution in [1.29, 1.82) is 0 Å². The quantitative estimate of drug-likeness (QED) is 0.727. The van der Waals surface area contributed by atoms with Crippen LogP contribution in [0.1, 0.15) is 23.0 Å². The minimum absolute atomic E-state index is 0.161. The summed E-state index contributed by atoms with van der Waals surface area (Å²) >= 11 is 0. The Hall–Kier alpha value is -2.11. The molecule has 0 N–H and O–H groups in total. The zero-order chi connectivity index (χ0) is 12.6. The van der Waals surface area contributed by atoms with Gasteiger partial charge in [-0.1, -0.05) is 0 Å². The van der Waals surface area contributed by atoms with Crippen molar-refractivity contribution in [2.24, 2.45) is 7.05 Å². The summed E-state index contributed by atoms with van der Waals surface area (Å²) in [5, 5.41) is 0.172. The molecule has 2 heterocycles. The van der Waals surface area contributed by atoms with Crippen LogP contribution in [0.5, 0.6) is 0 Å². The molecular weight excluding hydrogens is 224 g/mol. The summed E-state index contributed by atoms with van der Waals surface area (Å²) in [6.07, 6.45) is 1.35. The smallest absolute Gasteiger partial charge is 0.342 e. The van der Waals surface area contributed by atoms with E-state index in [0.717, 1.165) is 0 Å². The molecule has 0 unspecified atom stereocenters. The van der Waals surface area contributed by atoms with Crippen LogP contribution in [0.2, 0.25) is 0 Å². The second-order valence-corrected chi connectivity index (χ2v) is 3.59. The fourth-order valence-corrected chi connectivity index (χ4v) is 1.64. The molecule has 0 fully saturated rings. The van der Waals surface area contributed by atoms with Crippen molar-refractivity contribution in [2.75, 3.05) is 6.61 Å². The zero-order valence-corrected chi connectivity index (χ0v) is 9.81. The summed E-state index contributed by atoms with van der Waals surface area (Å²) in [6.45, 7) is 3.55. The highest BCUT2D eigenvalue weighted by Gasteiger charge is 2.23. The maximum atomic E-state index is 11.9. The van der Waals surface area contributed by atoms with Crippen LogP contribution in [-0.2, 0) is 11.8 Å². The number of ether oxygens (including phenoxy) is 1. The summed E-state index contributed by atoms with van der Waals surface area (Å²) < 4.78 is 11.5. The number of hydrogen-bond acceptors (Lipinski definition) is 5. The maximum absolute atomic E-state index is 11.9. The van der Waals surface area contributed by atoms with Crippen LogP contribution < -0.4 is 5.56 Å². The van der Waals surface area contributed by atoms with E-state index >= 15 is 0 Å². The van der Waals surface area contributed by atoms with Gasteiger partial charge in [0.2, 0.25) is 5.71 Å². The van der Waals surface area contributed by atoms with Gasteiger partial charge in [0.15, 0.2) is 0 Å². The van der Waals surface area contributed by atoms with E-state index in [4.69, 9.17) is 9.15 Å². The van der Waals surface area contributed by atoms with Gasteiger partial charge in [-0.15, -0.1) is 0 Å². The SMILES string of the molecule is CCOC(=O)c1c(C)oc2ncn(C)c(=O)c12. The molecule has 0 radical (unpaired) electrons. The van der Waals surface area contributed by atoms with E-state index < -0.39 is 5.97 Å². The minimum atomic E-state index is -0.561. The van der Waals surface area contributed by atoms with Crippen molar-refractivity contribution in [3.8, 4) is 0 Å². The molecule has 0 aliphatic heterocycles. The molecule has 2 aromatic heterocycles. The Morgan fingerprint density at radius 1 is 1.59 bits per heavy atom. The first-order valence-corrected chi connectivity index (χ1v) is 5.18. The van der Waals surface area contributed by atoms with Crippen molar-refractivity contribution < 1.29 is 13.9 Å². The molecule has 2 aromatic rings.